The summed E-state index contributed by atoms with van der Waals surface area (Å²) in [6.07, 6.45) is 1.42. The third-order valence-electron chi connectivity index (χ3n) is 3.57. The van der Waals surface area contributed by atoms with Gasteiger partial charge in [-0.3, -0.25) is 4.79 Å². The molecule has 0 unspecified atom stereocenters. The molecule has 0 saturated heterocycles. The van der Waals surface area contributed by atoms with E-state index in [4.69, 9.17) is 0 Å². The lowest BCUT2D eigenvalue weighted by Crippen LogP contribution is -2.27. The maximum Gasteiger partial charge on any atom is 0.253 e. The average Bonchev–Trinajstić information content (AvgIpc) is 2.62. The largest absolute Gasteiger partial charge is 0.337 e. The summed E-state index contributed by atoms with van der Waals surface area (Å²) in [4.78, 5) is 13.9. The molecule has 2 rings (SSSR count). The number of halogens is 2. The molecule has 0 bridgehead atoms. The molecule has 1 amide bonds. The van der Waals surface area contributed by atoms with Gasteiger partial charge < -0.3 is 4.90 Å². The Hall–Kier alpha value is -2.03. The summed E-state index contributed by atoms with van der Waals surface area (Å²) in [5.74, 6) is -0.831. The SMILES string of the molecule is C=CCNS(=O)(=O)c1cccc(C(=O)N(C)Cc2cc(Br)ccc2F)c1. The monoisotopic (exact) mass is 440 g/mol. The van der Waals surface area contributed by atoms with Crippen LogP contribution in [-0.4, -0.2) is 32.8 Å². The van der Waals surface area contributed by atoms with Crippen LogP contribution in [0.4, 0.5) is 4.39 Å². The molecular formula is C18H18BrFN2O3S. The lowest BCUT2D eigenvalue weighted by molar-refractivity contribution is 0.0783. The Kier molecular flexibility index (Phi) is 6.69. The average molecular weight is 441 g/mol. The van der Waals surface area contributed by atoms with Crippen molar-refractivity contribution in [2.75, 3.05) is 13.6 Å². The Balaban J connectivity index is 2.22. The van der Waals surface area contributed by atoms with Gasteiger partial charge in [0.2, 0.25) is 10.0 Å². The van der Waals surface area contributed by atoms with Gasteiger partial charge in [0.25, 0.3) is 5.91 Å². The van der Waals surface area contributed by atoms with Crippen molar-refractivity contribution >= 4 is 31.9 Å². The van der Waals surface area contributed by atoms with Crippen LogP contribution >= 0.6 is 15.9 Å². The van der Waals surface area contributed by atoms with Crippen LogP contribution in [0.5, 0.6) is 0 Å². The third kappa shape index (κ3) is 5.00. The third-order valence-corrected chi connectivity index (χ3v) is 5.49. The zero-order valence-electron chi connectivity index (χ0n) is 14.1. The highest BCUT2D eigenvalue weighted by molar-refractivity contribution is 9.10. The van der Waals surface area contributed by atoms with E-state index in [2.05, 4.69) is 27.2 Å². The lowest BCUT2D eigenvalue weighted by Gasteiger charge is -2.18. The predicted octanol–water partition coefficient (Wildman–Crippen LogP) is 3.32. The number of nitrogens with one attached hydrogen (secondary N) is 1. The second kappa shape index (κ2) is 8.57. The van der Waals surface area contributed by atoms with E-state index >= 15 is 0 Å². The first-order chi connectivity index (χ1) is 12.2. The minimum atomic E-state index is -3.73. The van der Waals surface area contributed by atoms with Crippen molar-refractivity contribution in [1.82, 2.24) is 9.62 Å². The van der Waals surface area contributed by atoms with Crippen molar-refractivity contribution in [3.63, 3.8) is 0 Å². The highest BCUT2D eigenvalue weighted by Crippen LogP contribution is 2.18. The van der Waals surface area contributed by atoms with Crippen LogP contribution in [0.3, 0.4) is 0 Å². The van der Waals surface area contributed by atoms with Crippen LogP contribution < -0.4 is 4.72 Å². The first-order valence-corrected chi connectivity index (χ1v) is 9.92. The normalized spacial score (nSPS) is 11.2. The summed E-state index contributed by atoms with van der Waals surface area (Å²) >= 11 is 3.27. The Bertz CT molecular complexity index is 932. The van der Waals surface area contributed by atoms with Gasteiger partial charge in [0.15, 0.2) is 0 Å². The van der Waals surface area contributed by atoms with Gasteiger partial charge in [0.1, 0.15) is 5.82 Å². The summed E-state index contributed by atoms with van der Waals surface area (Å²) in [5, 5.41) is 0. The van der Waals surface area contributed by atoms with Gasteiger partial charge in [-0.15, -0.1) is 6.58 Å². The molecule has 0 aromatic heterocycles. The summed E-state index contributed by atoms with van der Waals surface area (Å²) in [5.41, 5.74) is 0.552. The van der Waals surface area contributed by atoms with Crippen LogP contribution in [0.15, 0.2) is 64.5 Å². The topological polar surface area (TPSA) is 66.5 Å². The molecule has 0 spiro atoms. The summed E-state index contributed by atoms with van der Waals surface area (Å²) in [7, 11) is -2.21. The molecule has 8 heteroatoms. The van der Waals surface area contributed by atoms with Crippen molar-refractivity contribution in [1.29, 1.82) is 0 Å². The van der Waals surface area contributed by atoms with Gasteiger partial charge in [-0.25, -0.2) is 17.5 Å². The summed E-state index contributed by atoms with van der Waals surface area (Å²) < 4.78 is 41.3. The zero-order valence-corrected chi connectivity index (χ0v) is 16.5. The van der Waals surface area contributed by atoms with E-state index in [9.17, 15) is 17.6 Å². The van der Waals surface area contributed by atoms with Gasteiger partial charge >= 0.3 is 0 Å². The number of hydrogen-bond acceptors (Lipinski definition) is 3. The van der Waals surface area contributed by atoms with Crippen LogP contribution in [0.1, 0.15) is 15.9 Å². The molecule has 0 radical (unpaired) electrons. The van der Waals surface area contributed by atoms with Gasteiger partial charge in [0.05, 0.1) is 4.90 Å². The van der Waals surface area contributed by atoms with Gasteiger partial charge in [-0.05, 0) is 36.4 Å². The fraction of sp³-hybridized carbons (Fsp3) is 0.167. The fourth-order valence-electron chi connectivity index (χ4n) is 2.26. The van der Waals surface area contributed by atoms with Gasteiger partial charge in [-0.1, -0.05) is 28.1 Å². The van der Waals surface area contributed by atoms with E-state index in [1.807, 2.05) is 0 Å². The van der Waals surface area contributed by atoms with E-state index in [1.165, 1.54) is 48.4 Å². The number of hydrogen-bond donors (Lipinski definition) is 1. The smallest absolute Gasteiger partial charge is 0.253 e. The van der Waals surface area contributed by atoms with Crippen LogP contribution in [0, 0.1) is 5.82 Å². The molecule has 0 aliphatic carbocycles. The number of carbonyl (C=O) groups is 1. The number of benzene rings is 2. The Labute approximate surface area is 160 Å². The Morgan fingerprint density at radius 3 is 2.73 bits per heavy atom. The van der Waals surface area contributed by atoms with Crippen molar-refractivity contribution in [3.8, 4) is 0 Å². The molecule has 0 aliphatic rings. The number of amides is 1. The highest BCUT2D eigenvalue weighted by atomic mass is 79.9. The molecule has 0 atom stereocenters. The molecular weight excluding hydrogens is 423 g/mol. The van der Waals surface area contributed by atoms with E-state index in [0.717, 1.165) is 0 Å². The maximum absolute atomic E-state index is 13.9. The molecule has 0 heterocycles. The molecule has 2 aromatic rings. The number of sulfonamides is 1. The Morgan fingerprint density at radius 1 is 1.31 bits per heavy atom. The second-order valence-corrected chi connectivity index (χ2v) is 8.25. The number of carbonyl (C=O) groups excluding carboxylic acids is 1. The van der Waals surface area contributed by atoms with E-state index < -0.39 is 21.7 Å². The minimum Gasteiger partial charge on any atom is -0.337 e. The van der Waals surface area contributed by atoms with Crippen molar-refractivity contribution in [2.45, 2.75) is 11.4 Å². The molecule has 1 N–H and O–H groups in total. The Morgan fingerprint density at radius 2 is 2.04 bits per heavy atom. The standard InChI is InChI=1S/C18H18BrFN2O3S/c1-3-9-21-26(24,25)16-6-4-5-13(11-16)18(23)22(2)12-14-10-15(19)7-8-17(14)20/h3-8,10-11,21H,1,9,12H2,2H3. The first-order valence-electron chi connectivity index (χ1n) is 7.64. The quantitative estimate of drug-likeness (QED) is 0.671. The summed E-state index contributed by atoms with van der Waals surface area (Å²) in [6.45, 7) is 3.60. The molecule has 0 saturated carbocycles. The molecule has 5 nitrogen and oxygen atoms in total. The van der Waals surface area contributed by atoms with Crippen molar-refractivity contribution in [3.05, 3.63) is 76.5 Å². The van der Waals surface area contributed by atoms with Gasteiger partial charge in [0, 0.05) is 35.7 Å². The molecule has 0 fully saturated rings. The molecule has 0 aliphatic heterocycles. The fourth-order valence-corrected chi connectivity index (χ4v) is 3.71. The zero-order chi connectivity index (χ0) is 19.3. The highest BCUT2D eigenvalue weighted by Gasteiger charge is 2.18. The van der Waals surface area contributed by atoms with Crippen LogP contribution in [0.2, 0.25) is 0 Å². The molecule has 2 aromatic carbocycles. The van der Waals surface area contributed by atoms with Crippen molar-refractivity contribution < 1.29 is 17.6 Å². The first kappa shape index (κ1) is 20.3. The maximum atomic E-state index is 13.9. The van der Waals surface area contributed by atoms with Crippen LogP contribution in [0.25, 0.3) is 0 Å². The second-order valence-electron chi connectivity index (χ2n) is 5.57. The number of nitrogens with zero attached hydrogens (tertiary/aromatic N) is 1. The van der Waals surface area contributed by atoms with E-state index in [0.29, 0.717) is 10.0 Å². The minimum absolute atomic E-state index is 0.0211. The van der Waals surface area contributed by atoms with E-state index in [1.54, 1.807) is 12.1 Å². The van der Waals surface area contributed by atoms with Crippen LogP contribution in [-0.2, 0) is 16.6 Å². The number of rotatable bonds is 7. The lowest BCUT2D eigenvalue weighted by atomic mass is 10.1. The summed E-state index contributed by atoms with van der Waals surface area (Å²) in [6, 6.07) is 10.2. The predicted molar refractivity (Wildman–Crippen MR) is 102 cm³/mol. The van der Waals surface area contributed by atoms with E-state index in [-0.39, 0.29) is 23.5 Å². The van der Waals surface area contributed by atoms with Crippen molar-refractivity contribution in [2.24, 2.45) is 0 Å². The molecule has 138 valence electrons. The van der Waals surface area contributed by atoms with Gasteiger partial charge in [-0.2, -0.15) is 0 Å². The molecule has 26 heavy (non-hydrogen) atoms.